The molecule has 0 saturated heterocycles. The third-order valence-electron chi connectivity index (χ3n) is 2.44. The summed E-state index contributed by atoms with van der Waals surface area (Å²) in [6, 6.07) is 5.56. The van der Waals surface area contributed by atoms with Crippen molar-refractivity contribution in [3.63, 3.8) is 0 Å². The van der Waals surface area contributed by atoms with Crippen LogP contribution in [0.3, 0.4) is 0 Å². The van der Waals surface area contributed by atoms with E-state index >= 15 is 0 Å². The van der Waals surface area contributed by atoms with Gasteiger partial charge in [-0.3, -0.25) is 0 Å². The first-order chi connectivity index (χ1) is 9.36. The second kappa shape index (κ2) is 7.15. The fourth-order valence-electron chi connectivity index (χ4n) is 1.44. The van der Waals surface area contributed by atoms with Crippen LogP contribution in [0.25, 0.3) is 0 Å². The lowest BCUT2D eigenvalue weighted by Crippen LogP contribution is -2.27. The number of alkyl halides is 2. The SMILES string of the molecule is N/C(=N/O)c1cccc(S(=O)(=O)CCNCC(F)F)c1. The minimum atomic E-state index is -3.62. The number of nitrogens with two attached hydrogens (primary N) is 1. The van der Waals surface area contributed by atoms with E-state index in [0.717, 1.165) is 0 Å². The fraction of sp³-hybridized carbons (Fsp3) is 0.364. The molecule has 0 bridgehead atoms. The van der Waals surface area contributed by atoms with Crippen molar-refractivity contribution in [2.45, 2.75) is 11.3 Å². The molecule has 1 rings (SSSR count). The Morgan fingerprint density at radius 1 is 1.45 bits per heavy atom. The van der Waals surface area contributed by atoms with Crippen LogP contribution in [0.4, 0.5) is 8.78 Å². The maximum Gasteiger partial charge on any atom is 0.250 e. The normalized spacial score (nSPS) is 12.8. The van der Waals surface area contributed by atoms with Gasteiger partial charge in [-0.05, 0) is 12.1 Å². The maximum absolute atomic E-state index is 12.0. The van der Waals surface area contributed by atoms with E-state index in [-0.39, 0.29) is 28.6 Å². The maximum atomic E-state index is 12.0. The molecule has 0 unspecified atom stereocenters. The van der Waals surface area contributed by atoms with Gasteiger partial charge in [-0.15, -0.1) is 0 Å². The second-order valence-electron chi connectivity index (χ2n) is 3.93. The molecule has 0 aliphatic heterocycles. The Kier molecular flexibility index (Phi) is 5.83. The van der Waals surface area contributed by atoms with Crippen molar-refractivity contribution in [3.8, 4) is 0 Å². The highest BCUT2D eigenvalue weighted by Crippen LogP contribution is 2.13. The number of oxime groups is 1. The molecule has 6 nitrogen and oxygen atoms in total. The summed E-state index contributed by atoms with van der Waals surface area (Å²) in [5.74, 6) is -0.530. The van der Waals surface area contributed by atoms with Crippen LogP contribution >= 0.6 is 0 Å². The summed E-state index contributed by atoms with van der Waals surface area (Å²) in [5.41, 5.74) is 5.63. The molecule has 0 atom stereocenters. The Bertz CT molecular complexity index is 576. The predicted octanol–water partition coefficient (Wildman–Crippen LogP) is 0.409. The molecule has 112 valence electrons. The molecule has 0 heterocycles. The summed E-state index contributed by atoms with van der Waals surface area (Å²) in [4.78, 5) is -0.0135. The van der Waals surface area contributed by atoms with Gasteiger partial charge in [-0.2, -0.15) is 0 Å². The van der Waals surface area contributed by atoms with Gasteiger partial charge in [0.1, 0.15) is 0 Å². The minimum Gasteiger partial charge on any atom is -0.409 e. The number of hydrogen-bond donors (Lipinski definition) is 3. The number of halogens is 2. The lowest BCUT2D eigenvalue weighted by atomic mass is 10.2. The Morgan fingerprint density at radius 3 is 2.75 bits per heavy atom. The highest BCUT2D eigenvalue weighted by Gasteiger charge is 2.15. The van der Waals surface area contributed by atoms with E-state index in [9.17, 15) is 17.2 Å². The standard InChI is InChI=1S/C11H15F2N3O3S/c12-10(13)7-15-4-5-20(18,19)9-3-1-2-8(6-9)11(14)16-17/h1-3,6,10,15,17H,4-5,7H2,(H2,14,16). The lowest BCUT2D eigenvalue weighted by molar-refractivity contribution is 0.147. The molecule has 0 aliphatic carbocycles. The Balaban J connectivity index is 2.77. The molecule has 0 saturated carbocycles. The molecule has 0 aliphatic rings. The van der Waals surface area contributed by atoms with Gasteiger partial charge in [-0.1, -0.05) is 17.3 Å². The third kappa shape index (κ3) is 4.74. The van der Waals surface area contributed by atoms with Crippen molar-refractivity contribution in [1.82, 2.24) is 5.32 Å². The van der Waals surface area contributed by atoms with Gasteiger partial charge in [0.2, 0.25) is 0 Å². The Morgan fingerprint density at radius 2 is 2.15 bits per heavy atom. The zero-order valence-electron chi connectivity index (χ0n) is 10.5. The van der Waals surface area contributed by atoms with Crippen LogP contribution in [0.15, 0.2) is 34.3 Å². The van der Waals surface area contributed by atoms with Gasteiger partial charge in [-0.25, -0.2) is 17.2 Å². The number of hydrogen-bond acceptors (Lipinski definition) is 5. The van der Waals surface area contributed by atoms with E-state index in [2.05, 4.69) is 10.5 Å². The first kappa shape index (κ1) is 16.3. The van der Waals surface area contributed by atoms with Crippen LogP contribution in [0, 0.1) is 0 Å². The summed E-state index contributed by atoms with van der Waals surface area (Å²) in [6.07, 6.45) is -2.53. The quantitative estimate of drug-likeness (QED) is 0.222. The van der Waals surface area contributed by atoms with E-state index in [4.69, 9.17) is 10.9 Å². The van der Waals surface area contributed by atoms with Crippen molar-refractivity contribution in [2.75, 3.05) is 18.8 Å². The average molecular weight is 307 g/mol. The van der Waals surface area contributed by atoms with Gasteiger partial charge < -0.3 is 16.3 Å². The first-order valence-electron chi connectivity index (χ1n) is 5.66. The second-order valence-corrected chi connectivity index (χ2v) is 6.04. The molecular formula is C11H15F2N3O3S. The summed E-state index contributed by atoms with van der Waals surface area (Å²) in [5, 5.41) is 13.7. The number of sulfone groups is 1. The van der Waals surface area contributed by atoms with Crippen molar-refractivity contribution in [1.29, 1.82) is 0 Å². The van der Waals surface area contributed by atoms with Crippen LogP contribution in [0.5, 0.6) is 0 Å². The largest absolute Gasteiger partial charge is 0.409 e. The van der Waals surface area contributed by atoms with Crippen molar-refractivity contribution in [3.05, 3.63) is 29.8 Å². The molecule has 0 fully saturated rings. The van der Waals surface area contributed by atoms with E-state index in [1.165, 1.54) is 24.3 Å². The number of nitrogens with one attached hydrogen (secondary N) is 1. The molecule has 0 spiro atoms. The van der Waals surface area contributed by atoms with Gasteiger partial charge in [0.15, 0.2) is 15.7 Å². The third-order valence-corrected chi connectivity index (χ3v) is 4.16. The Labute approximate surface area is 115 Å². The smallest absolute Gasteiger partial charge is 0.250 e. The van der Waals surface area contributed by atoms with Gasteiger partial charge >= 0.3 is 0 Å². The van der Waals surface area contributed by atoms with Crippen LogP contribution < -0.4 is 11.1 Å². The number of benzene rings is 1. The van der Waals surface area contributed by atoms with Gasteiger partial charge in [0.25, 0.3) is 6.43 Å². The highest BCUT2D eigenvalue weighted by atomic mass is 32.2. The molecule has 0 amide bonds. The van der Waals surface area contributed by atoms with Crippen LogP contribution in [-0.2, 0) is 9.84 Å². The van der Waals surface area contributed by atoms with E-state index in [1.807, 2.05) is 0 Å². The molecule has 0 radical (unpaired) electrons. The van der Waals surface area contributed by atoms with Crippen LogP contribution in [0.1, 0.15) is 5.56 Å². The van der Waals surface area contributed by atoms with Crippen molar-refractivity contribution >= 4 is 15.7 Å². The van der Waals surface area contributed by atoms with Crippen LogP contribution in [0.2, 0.25) is 0 Å². The summed E-state index contributed by atoms with van der Waals surface area (Å²) in [6.45, 7) is -0.639. The van der Waals surface area contributed by atoms with Gasteiger partial charge in [0.05, 0.1) is 17.2 Å². The molecular weight excluding hydrogens is 292 g/mol. The highest BCUT2D eigenvalue weighted by molar-refractivity contribution is 7.91. The van der Waals surface area contributed by atoms with Crippen molar-refractivity contribution in [2.24, 2.45) is 10.9 Å². The monoisotopic (exact) mass is 307 g/mol. The summed E-state index contributed by atoms with van der Waals surface area (Å²) < 4.78 is 47.7. The lowest BCUT2D eigenvalue weighted by Gasteiger charge is -2.07. The molecule has 0 aromatic heterocycles. The molecule has 1 aromatic carbocycles. The van der Waals surface area contributed by atoms with E-state index < -0.39 is 22.8 Å². The zero-order chi connectivity index (χ0) is 15.2. The number of rotatable bonds is 7. The van der Waals surface area contributed by atoms with E-state index in [0.29, 0.717) is 0 Å². The minimum absolute atomic E-state index is 0.0135. The number of amidine groups is 1. The Hall–Kier alpha value is -1.74. The predicted molar refractivity (Wildman–Crippen MR) is 69.9 cm³/mol. The summed E-state index contributed by atoms with van der Waals surface area (Å²) >= 11 is 0. The fourth-order valence-corrected chi connectivity index (χ4v) is 2.68. The average Bonchev–Trinajstić information content (AvgIpc) is 2.42. The van der Waals surface area contributed by atoms with E-state index in [1.54, 1.807) is 0 Å². The van der Waals surface area contributed by atoms with Gasteiger partial charge in [0, 0.05) is 12.1 Å². The van der Waals surface area contributed by atoms with Crippen molar-refractivity contribution < 1.29 is 22.4 Å². The molecule has 9 heteroatoms. The molecule has 1 aromatic rings. The molecule has 4 N–H and O–H groups in total. The first-order valence-corrected chi connectivity index (χ1v) is 7.31. The number of nitrogens with zero attached hydrogens (tertiary/aromatic N) is 1. The van der Waals surface area contributed by atoms with Crippen LogP contribution in [-0.4, -0.2) is 44.7 Å². The molecule has 20 heavy (non-hydrogen) atoms. The zero-order valence-corrected chi connectivity index (χ0v) is 11.3. The topological polar surface area (TPSA) is 105 Å². The summed E-state index contributed by atoms with van der Waals surface area (Å²) in [7, 11) is -3.62.